The molecule has 2 unspecified atom stereocenters. The number of hydrogen-bond donors (Lipinski definition) is 2. The number of amides is 2. The Morgan fingerprint density at radius 3 is 2.43 bits per heavy atom. The van der Waals surface area contributed by atoms with Crippen molar-refractivity contribution in [2.45, 2.75) is 59.6 Å². The first-order valence-corrected chi connectivity index (χ1v) is 9.80. The van der Waals surface area contributed by atoms with Crippen LogP contribution in [0.3, 0.4) is 0 Å². The summed E-state index contributed by atoms with van der Waals surface area (Å²) in [5.41, 5.74) is 2.97. The highest BCUT2D eigenvalue weighted by Gasteiger charge is 2.22. The molecule has 0 heterocycles. The van der Waals surface area contributed by atoms with Gasteiger partial charge in [-0.05, 0) is 62.9 Å². The van der Waals surface area contributed by atoms with Crippen molar-refractivity contribution in [1.29, 1.82) is 0 Å². The van der Waals surface area contributed by atoms with Crippen LogP contribution in [0.4, 0.5) is 5.69 Å². The molecule has 2 rings (SSSR count). The standard InChI is InChI=1S/C23H30N2O3/c1-6-17(5)24-22(26)18-10-8-9-11-19(18)25-23(27)20(7-2)28-21-14-15(3)12-13-16(21)4/h8-14,17,20H,6-7H2,1-5H3,(H,24,26)(H,25,27). The van der Waals surface area contributed by atoms with Crippen LogP contribution >= 0.6 is 0 Å². The van der Waals surface area contributed by atoms with Gasteiger partial charge in [0.15, 0.2) is 6.10 Å². The molecule has 5 nitrogen and oxygen atoms in total. The van der Waals surface area contributed by atoms with Crippen molar-refractivity contribution in [3.63, 3.8) is 0 Å². The molecular formula is C23H30N2O3. The smallest absolute Gasteiger partial charge is 0.265 e. The quantitative estimate of drug-likeness (QED) is 0.699. The third kappa shape index (κ3) is 5.59. The summed E-state index contributed by atoms with van der Waals surface area (Å²) < 4.78 is 5.98. The summed E-state index contributed by atoms with van der Waals surface area (Å²) in [7, 11) is 0. The number of rotatable bonds is 8. The van der Waals surface area contributed by atoms with Gasteiger partial charge < -0.3 is 15.4 Å². The van der Waals surface area contributed by atoms with Crippen molar-refractivity contribution >= 4 is 17.5 Å². The fraction of sp³-hybridized carbons (Fsp3) is 0.391. The van der Waals surface area contributed by atoms with Gasteiger partial charge in [-0.1, -0.05) is 38.1 Å². The predicted molar refractivity (Wildman–Crippen MR) is 113 cm³/mol. The maximum Gasteiger partial charge on any atom is 0.265 e. The van der Waals surface area contributed by atoms with Gasteiger partial charge in [0, 0.05) is 6.04 Å². The Hall–Kier alpha value is -2.82. The highest BCUT2D eigenvalue weighted by molar-refractivity contribution is 6.04. The van der Waals surface area contributed by atoms with Crippen molar-refractivity contribution < 1.29 is 14.3 Å². The maximum atomic E-state index is 12.8. The molecule has 2 atom stereocenters. The number of carbonyl (C=O) groups is 2. The van der Waals surface area contributed by atoms with E-state index in [1.807, 2.05) is 52.8 Å². The highest BCUT2D eigenvalue weighted by Crippen LogP contribution is 2.22. The first-order valence-electron chi connectivity index (χ1n) is 9.80. The largest absolute Gasteiger partial charge is 0.480 e. The van der Waals surface area contributed by atoms with Crippen molar-refractivity contribution in [2.75, 3.05) is 5.32 Å². The first-order chi connectivity index (χ1) is 13.3. The molecule has 0 spiro atoms. The topological polar surface area (TPSA) is 67.4 Å². The van der Waals surface area contributed by atoms with Crippen LogP contribution in [0.5, 0.6) is 5.75 Å². The van der Waals surface area contributed by atoms with E-state index in [2.05, 4.69) is 10.6 Å². The fourth-order valence-electron chi connectivity index (χ4n) is 2.72. The SMILES string of the molecule is CCC(C)NC(=O)c1ccccc1NC(=O)C(CC)Oc1cc(C)ccc1C. The average molecular weight is 383 g/mol. The number of anilines is 1. The van der Waals surface area contributed by atoms with E-state index >= 15 is 0 Å². The second-order valence-electron chi connectivity index (χ2n) is 7.10. The number of ether oxygens (including phenoxy) is 1. The molecule has 0 saturated carbocycles. The number of para-hydroxylation sites is 1. The normalized spacial score (nSPS) is 12.8. The second kappa shape index (κ2) is 9.93. The van der Waals surface area contributed by atoms with Gasteiger partial charge >= 0.3 is 0 Å². The molecule has 28 heavy (non-hydrogen) atoms. The number of aryl methyl sites for hydroxylation is 2. The molecule has 2 amide bonds. The zero-order chi connectivity index (χ0) is 20.7. The Kier molecular flexibility index (Phi) is 7.61. The lowest BCUT2D eigenvalue weighted by atomic mass is 10.1. The monoisotopic (exact) mass is 382 g/mol. The predicted octanol–water partition coefficient (Wildman–Crippen LogP) is 4.63. The lowest BCUT2D eigenvalue weighted by molar-refractivity contribution is -0.122. The molecule has 0 aromatic heterocycles. The molecule has 0 saturated heterocycles. The van der Waals surface area contributed by atoms with E-state index in [0.717, 1.165) is 17.5 Å². The summed E-state index contributed by atoms with van der Waals surface area (Å²) in [6.07, 6.45) is 0.702. The van der Waals surface area contributed by atoms with Crippen LogP contribution in [-0.4, -0.2) is 24.0 Å². The molecule has 0 aliphatic rings. The zero-order valence-corrected chi connectivity index (χ0v) is 17.3. The van der Waals surface area contributed by atoms with Crippen LogP contribution in [0.1, 0.15) is 55.1 Å². The summed E-state index contributed by atoms with van der Waals surface area (Å²) in [6, 6.07) is 13.0. The molecule has 2 aromatic carbocycles. The second-order valence-corrected chi connectivity index (χ2v) is 7.10. The van der Waals surface area contributed by atoms with Gasteiger partial charge in [0.2, 0.25) is 0 Å². The van der Waals surface area contributed by atoms with Gasteiger partial charge in [0.25, 0.3) is 11.8 Å². The van der Waals surface area contributed by atoms with E-state index in [0.29, 0.717) is 23.4 Å². The molecule has 0 fully saturated rings. The van der Waals surface area contributed by atoms with E-state index in [9.17, 15) is 9.59 Å². The molecule has 0 bridgehead atoms. The van der Waals surface area contributed by atoms with Crippen LogP contribution < -0.4 is 15.4 Å². The molecule has 5 heteroatoms. The molecule has 0 aliphatic carbocycles. The zero-order valence-electron chi connectivity index (χ0n) is 17.3. The fourth-order valence-corrected chi connectivity index (χ4v) is 2.72. The highest BCUT2D eigenvalue weighted by atomic mass is 16.5. The lowest BCUT2D eigenvalue weighted by Crippen LogP contribution is -2.35. The van der Waals surface area contributed by atoms with Crippen molar-refractivity contribution in [3.8, 4) is 5.75 Å². The van der Waals surface area contributed by atoms with Gasteiger partial charge in [-0.15, -0.1) is 0 Å². The Morgan fingerprint density at radius 2 is 1.75 bits per heavy atom. The number of nitrogens with one attached hydrogen (secondary N) is 2. The minimum Gasteiger partial charge on any atom is -0.480 e. The van der Waals surface area contributed by atoms with Gasteiger partial charge in [-0.3, -0.25) is 9.59 Å². The first kappa shape index (κ1) is 21.5. The van der Waals surface area contributed by atoms with Crippen LogP contribution in [0.2, 0.25) is 0 Å². The summed E-state index contributed by atoms with van der Waals surface area (Å²) in [4.78, 5) is 25.4. The van der Waals surface area contributed by atoms with Crippen molar-refractivity contribution in [3.05, 3.63) is 59.2 Å². The molecule has 150 valence electrons. The Labute approximate surface area is 167 Å². The third-order valence-electron chi connectivity index (χ3n) is 4.70. The van der Waals surface area contributed by atoms with Crippen LogP contribution in [0.15, 0.2) is 42.5 Å². The van der Waals surface area contributed by atoms with Gasteiger partial charge in [0.05, 0.1) is 11.3 Å². The number of benzene rings is 2. The van der Waals surface area contributed by atoms with Crippen molar-refractivity contribution in [2.24, 2.45) is 0 Å². The Balaban J connectivity index is 2.16. The molecule has 2 N–H and O–H groups in total. The van der Waals surface area contributed by atoms with Gasteiger partial charge in [0.1, 0.15) is 5.75 Å². The molecule has 0 aliphatic heterocycles. The molecular weight excluding hydrogens is 352 g/mol. The van der Waals surface area contributed by atoms with Crippen LogP contribution in [0.25, 0.3) is 0 Å². The van der Waals surface area contributed by atoms with Crippen LogP contribution in [-0.2, 0) is 4.79 Å². The van der Waals surface area contributed by atoms with E-state index in [-0.39, 0.29) is 17.9 Å². The molecule has 2 aromatic rings. The van der Waals surface area contributed by atoms with Gasteiger partial charge in [-0.25, -0.2) is 0 Å². The maximum absolute atomic E-state index is 12.8. The Morgan fingerprint density at radius 1 is 1.04 bits per heavy atom. The van der Waals surface area contributed by atoms with Crippen LogP contribution in [0, 0.1) is 13.8 Å². The third-order valence-corrected chi connectivity index (χ3v) is 4.70. The number of carbonyl (C=O) groups excluding carboxylic acids is 2. The number of hydrogen-bond acceptors (Lipinski definition) is 3. The average Bonchev–Trinajstić information content (AvgIpc) is 2.68. The Bertz CT molecular complexity index is 832. The van der Waals surface area contributed by atoms with Crippen molar-refractivity contribution in [1.82, 2.24) is 5.32 Å². The van der Waals surface area contributed by atoms with E-state index in [1.54, 1.807) is 24.3 Å². The van der Waals surface area contributed by atoms with Gasteiger partial charge in [-0.2, -0.15) is 0 Å². The minimum absolute atomic E-state index is 0.0623. The van der Waals surface area contributed by atoms with E-state index < -0.39 is 6.10 Å². The van der Waals surface area contributed by atoms with E-state index in [4.69, 9.17) is 4.74 Å². The summed E-state index contributed by atoms with van der Waals surface area (Å²) in [6.45, 7) is 9.80. The lowest BCUT2D eigenvalue weighted by Gasteiger charge is -2.20. The molecule has 0 radical (unpaired) electrons. The van der Waals surface area contributed by atoms with E-state index in [1.165, 1.54) is 0 Å². The minimum atomic E-state index is -0.647. The summed E-state index contributed by atoms with van der Waals surface area (Å²) in [5.74, 6) is 0.228. The summed E-state index contributed by atoms with van der Waals surface area (Å²) in [5, 5.41) is 5.80. The summed E-state index contributed by atoms with van der Waals surface area (Å²) >= 11 is 0.